The van der Waals surface area contributed by atoms with Gasteiger partial charge in [0.25, 0.3) is 0 Å². The molecule has 452 valence electrons. The molecule has 0 unspecified atom stereocenters. The lowest BCUT2D eigenvalue weighted by molar-refractivity contribution is -0.157. The van der Waals surface area contributed by atoms with Gasteiger partial charge in [0, 0.05) is 62.6 Å². The first-order chi connectivity index (χ1) is 38.4. The molecule has 0 aliphatic carbocycles. The number of aromatic nitrogens is 1. The van der Waals surface area contributed by atoms with Gasteiger partial charge in [0.15, 0.2) is 0 Å². The number of likely N-dealkylation sites (N-methyl/N-ethyl adjacent to an activating group) is 1. The second-order valence-corrected chi connectivity index (χ2v) is 21.7. The number of hydrogen-bond donors (Lipinski definition) is 0. The van der Waals surface area contributed by atoms with Crippen molar-refractivity contribution < 1.29 is 66.7 Å². The lowest BCUT2D eigenvalue weighted by Crippen LogP contribution is -2.54. The summed E-state index contributed by atoms with van der Waals surface area (Å²) in [7, 11) is 1.87. The zero-order valence-corrected chi connectivity index (χ0v) is 49.7. The first-order valence-corrected chi connectivity index (χ1v) is 30.9. The van der Waals surface area contributed by atoms with Crippen LogP contribution in [0.4, 0.5) is 10.5 Å². The Kier molecular flexibility index (Phi) is 41.5. The van der Waals surface area contributed by atoms with Crippen LogP contribution in [0.1, 0.15) is 240 Å². The molecule has 0 N–H and O–H groups in total. The summed E-state index contributed by atoms with van der Waals surface area (Å²) in [6.07, 6.45) is 29.3. The van der Waals surface area contributed by atoms with Gasteiger partial charge in [-0.3, -0.25) is 38.7 Å². The fraction of sp³-hybridized carbons (Fsp3) is 0.806. The summed E-state index contributed by atoms with van der Waals surface area (Å²) >= 11 is 0. The Labute approximate surface area is 475 Å². The van der Waals surface area contributed by atoms with E-state index in [1.807, 2.05) is 24.1 Å². The average Bonchev–Trinajstić information content (AvgIpc) is 3.44. The standard InChI is InChI=1S/C62H105N3O14/c1-6-10-14-18-22-26-33-56(66)74-45-51(46-75-57(67)34-27-23-19-15-11-7-2)43-60(70)78-49-54-31-30-32-55(65(54)62(72)73-42-41-64(5)53-37-39-63-40-38-53)50-79-61(71)44-52(47-76-58(68)35-28-24-20-16-12-8-3)48-77-59(69)36-29-25-21-17-13-9-4/h37-40,51-52,54-55H,6-36,41-50H2,1-5H3/t54-,55-/m0/s1. The van der Waals surface area contributed by atoms with Gasteiger partial charge in [0.2, 0.25) is 0 Å². The number of nitrogens with zero attached hydrogens (tertiary/aromatic N) is 3. The van der Waals surface area contributed by atoms with E-state index >= 15 is 0 Å². The van der Waals surface area contributed by atoms with E-state index in [1.54, 1.807) is 12.4 Å². The molecule has 0 bridgehead atoms. The van der Waals surface area contributed by atoms with Crippen LogP contribution in [0.5, 0.6) is 0 Å². The SMILES string of the molecule is CCCCCCCCC(=O)OCC(COC(=O)CCCCCCCC)CC(=O)OC[C@@H]1CCC[C@@H](COC(=O)CC(COC(=O)CCCCCCCC)COC(=O)CCCCCCCC)N1C(=O)OCCN(C)c1ccncc1. The molecule has 1 aromatic rings. The number of likely N-dealkylation sites (tertiary alicyclic amines) is 1. The van der Waals surface area contributed by atoms with E-state index in [1.165, 1.54) is 4.90 Å². The number of hydrogen-bond acceptors (Lipinski definition) is 16. The minimum Gasteiger partial charge on any atom is -0.465 e. The summed E-state index contributed by atoms with van der Waals surface area (Å²) < 4.78 is 40.1. The van der Waals surface area contributed by atoms with Crippen LogP contribution in [0.2, 0.25) is 0 Å². The van der Waals surface area contributed by atoms with E-state index < -0.39 is 42.0 Å². The number of carbonyl (C=O) groups is 7. The molecule has 1 aliphatic heterocycles. The maximum Gasteiger partial charge on any atom is 0.410 e. The predicted octanol–water partition coefficient (Wildman–Crippen LogP) is 13.2. The van der Waals surface area contributed by atoms with Crippen LogP contribution < -0.4 is 4.90 Å². The molecule has 1 amide bonds. The molecule has 2 atom stereocenters. The molecule has 17 heteroatoms. The molecule has 0 spiro atoms. The number of piperidine rings is 1. The number of esters is 6. The molecule has 2 heterocycles. The van der Waals surface area contributed by atoms with Crippen molar-refractivity contribution in [2.75, 3.05) is 64.7 Å². The van der Waals surface area contributed by atoms with E-state index in [-0.39, 0.29) is 109 Å². The summed E-state index contributed by atoms with van der Waals surface area (Å²) in [5.41, 5.74) is 0.885. The van der Waals surface area contributed by atoms with Gasteiger partial charge >= 0.3 is 41.9 Å². The minimum atomic E-state index is -0.662. The third kappa shape index (κ3) is 36.1. The highest BCUT2D eigenvalue weighted by Crippen LogP contribution is 2.26. The third-order valence-corrected chi connectivity index (χ3v) is 14.5. The maximum absolute atomic E-state index is 14.1. The van der Waals surface area contributed by atoms with E-state index in [0.29, 0.717) is 51.5 Å². The highest BCUT2D eigenvalue weighted by atomic mass is 16.6. The third-order valence-electron chi connectivity index (χ3n) is 14.5. The molecule has 0 radical (unpaired) electrons. The molecule has 1 fully saturated rings. The predicted molar refractivity (Wildman–Crippen MR) is 306 cm³/mol. The Morgan fingerprint density at radius 2 is 0.797 bits per heavy atom. The van der Waals surface area contributed by atoms with Crippen LogP contribution in [0.15, 0.2) is 24.5 Å². The zero-order chi connectivity index (χ0) is 57.6. The smallest absolute Gasteiger partial charge is 0.410 e. The average molecular weight is 1120 g/mol. The van der Waals surface area contributed by atoms with Gasteiger partial charge in [-0.25, -0.2) is 4.79 Å². The summed E-state index contributed by atoms with van der Waals surface area (Å²) in [6.45, 7) is 8.15. The number of amides is 1. The van der Waals surface area contributed by atoms with Gasteiger partial charge in [-0.1, -0.05) is 156 Å². The number of unbranched alkanes of at least 4 members (excludes halogenated alkanes) is 20. The second kappa shape index (κ2) is 46.8. The van der Waals surface area contributed by atoms with Crippen molar-refractivity contribution in [2.24, 2.45) is 11.8 Å². The largest absolute Gasteiger partial charge is 0.465 e. The highest BCUT2D eigenvalue weighted by Gasteiger charge is 2.37. The van der Waals surface area contributed by atoms with Crippen LogP contribution in [0, 0.1) is 11.8 Å². The molecule has 79 heavy (non-hydrogen) atoms. The zero-order valence-electron chi connectivity index (χ0n) is 49.7. The summed E-state index contributed by atoms with van der Waals surface area (Å²) in [5.74, 6) is -4.02. The maximum atomic E-state index is 14.1. The number of carbonyl (C=O) groups excluding carboxylic acids is 7. The number of pyridine rings is 1. The van der Waals surface area contributed by atoms with Crippen molar-refractivity contribution in [3.63, 3.8) is 0 Å². The first kappa shape index (κ1) is 70.1. The Morgan fingerprint density at radius 3 is 1.14 bits per heavy atom. The van der Waals surface area contributed by atoms with Crippen molar-refractivity contribution in [3.05, 3.63) is 24.5 Å². The number of anilines is 1. The van der Waals surface area contributed by atoms with E-state index in [0.717, 1.165) is 134 Å². The Morgan fingerprint density at radius 1 is 0.468 bits per heavy atom. The normalized spacial score (nSPS) is 14.2. The van der Waals surface area contributed by atoms with Gasteiger partial charge in [0.05, 0.1) is 57.9 Å². The molecular formula is C62H105N3O14. The van der Waals surface area contributed by atoms with E-state index in [9.17, 15) is 33.6 Å². The minimum absolute atomic E-state index is 0.0286. The van der Waals surface area contributed by atoms with Gasteiger partial charge < -0.3 is 38.1 Å². The van der Waals surface area contributed by atoms with Crippen LogP contribution in [0.3, 0.4) is 0 Å². The summed E-state index contributed by atoms with van der Waals surface area (Å²) in [5, 5.41) is 0. The van der Waals surface area contributed by atoms with Crippen molar-refractivity contribution in [3.8, 4) is 0 Å². The molecule has 1 aromatic heterocycles. The lowest BCUT2D eigenvalue weighted by atomic mass is 9.96. The van der Waals surface area contributed by atoms with Crippen LogP contribution in [-0.4, -0.2) is 124 Å². The lowest BCUT2D eigenvalue weighted by Gasteiger charge is -2.40. The topological polar surface area (TPSA) is 203 Å². The molecular weight excluding hydrogens is 1010 g/mol. The van der Waals surface area contributed by atoms with E-state index in [4.69, 9.17) is 33.2 Å². The first-order valence-electron chi connectivity index (χ1n) is 30.9. The molecule has 0 aromatic carbocycles. The fourth-order valence-corrected chi connectivity index (χ4v) is 9.49. The number of ether oxygens (including phenoxy) is 7. The van der Waals surface area contributed by atoms with Gasteiger partial charge in [0.1, 0.15) is 19.8 Å². The van der Waals surface area contributed by atoms with Crippen molar-refractivity contribution >= 4 is 47.6 Å². The Hall–Kier alpha value is -4.96. The van der Waals surface area contributed by atoms with E-state index in [2.05, 4.69) is 32.7 Å². The fourth-order valence-electron chi connectivity index (χ4n) is 9.49. The monoisotopic (exact) mass is 1120 g/mol. The van der Waals surface area contributed by atoms with Crippen molar-refractivity contribution in [1.29, 1.82) is 0 Å². The highest BCUT2D eigenvalue weighted by molar-refractivity contribution is 5.73. The second-order valence-electron chi connectivity index (χ2n) is 21.7. The van der Waals surface area contributed by atoms with Gasteiger partial charge in [-0.2, -0.15) is 0 Å². The molecule has 2 rings (SSSR count). The Balaban J connectivity index is 2.18. The van der Waals surface area contributed by atoms with Crippen LogP contribution in [-0.2, 0) is 61.9 Å². The molecule has 17 nitrogen and oxygen atoms in total. The molecule has 1 saturated heterocycles. The summed E-state index contributed by atoms with van der Waals surface area (Å²) in [6, 6.07) is 2.41. The summed E-state index contributed by atoms with van der Waals surface area (Å²) in [4.78, 5) is 100. The quantitative estimate of drug-likeness (QED) is 0.0338. The number of rotatable bonds is 48. The Bertz CT molecular complexity index is 1630. The van der Waals surface area contributed by atoms with Crippen molar-refractivity contribution in [2.45, 2.75) is 252 Å². The molecule has 0 saturated carbocycles. The van der Waals surface area contributed by atoms with Crippen LogP contribution in [0.25, 0.3) is 0 Å². The van der Waals surface area contributed by atoms with Gasteiger partial charge in [-0.05, 0) is 57.1 Å². The molecule has 1 aliphatic rings. The van der Waals surface area contributed by atoms with Crippen LogP contribution >= 0.6 is 0 Å². The van der Waals surface area contributed by atoms with Crippen molar-refractivity contribution in [1.82, 2.24) is 9.88 Å². The van der Waals surface area contributed by atoms with Gasteiger partial charge in [-0.15, -0.1) is 0 Å².